The first-order valence-electron chi connectivity index (χ1n) is 6.88. The molecule has 0 aliphatic heterocycles. The Morgan fingerprint density at radius 2 is 2.20 bits per heavy atom. The zero-order valence-corrected chi connectivity index (χ0v) is 11.5. The number of unbranched alkanes of at least 4 members (excludes halogenated alkanes) is 2. The Balaban J connectivity index is 1.90. The van der Waals surface area contributed by atoms with Gasteiger partial charge in [-0.2, -0.15) is 0 Å². The van der Waals surface area contributed by atoms with Crippen LogP contribution < -0.4 is 11.1 Å². The van der Waals surface area contributed by atoms with Gasteiger partial charge in [0.05, 0.1) is 6.33 Å². The van der Waals surface area contributed by atoms with Gasteiger partial charge in [-0.25, -0.2) is 4.98 Å². The number of hydrogen-bond acceptors (Lipinski definition) is 3. The molecule has 0 fully saturated rings. The lowest BCUT2D eigenvalue weighted by Gasteiger charge is -2.08. The number of nitrogens with one attached hydrogen (secondary N) is 1. The standard InChI is InChI=1S/C15H20N4O/c16-8-3-1-2-7-15(20)18-13-5-4-6-14(11-13)19-10-9-17-12-19/h4-6,9-12H,1-3,7-8,16H2,(H,18,20). The molecule has 2 rings (SSSR count). The lowest BCUT2D eigenvalue weighted by Crippen LogP contribution is -2.11. The summed E-state index contributed by atoms with van der Waals surface area (Å²) in [5, 5.41) is 2.92. The van der Waals surface area contributed by atoms with Gasteiger partial charge in [-0.05, 0) is 37.6 Å². The van der Waals surface area contributed by atoms with Crippen LogP contribution in [0.5, 0.6) is 0 Å². The summed E-state index contributed by atoms with van der Waals surface area (Å²) in [4.78, 5) is 15.8. The van der Waals surface area contributed by atoms with Gasteiger partial charge in [0.1, 0.15) is 0 Å². The molecule has 3 N–H and O–H groups in total. The van der Waals surface area contributed by atoms with E-state index >= 15 is 0 Å². The molecule has 5 nitrogen and oxygen atoms in total. The number of aromatic nitrogens is 2. The summed E-state index contributed by atoms with van der Waals surface area (Å²) in [5.74, 6) is 0.0461. The maximum Gasteiger partial charge on any atom is 0.224 e. The maximum absolute atomic E-state index is 11.8. The highest BCUT2D eigenvalue weighted by molar-refractivity contribution is 5.90. The molecule has 0 spiro atoms. The second-order valence-corrected chi connectivity index (χ2v) is 4.67. The Labute approximate surface area is 118 Å². The molecule has 0 atom stereocenters. The molecule has 2 aromatic rings. The van der Waals surface area contributed by atoms with Crippen LogP contribution in [0.15, 0.2) is 43.0 Å². The van der Waals surface area contributed by atoms with E-state index in [-0.39, 0.29) is 5.91 Å². The van der Waals surface area contributed by atoms with Crippen molar-refractivity contribution in [1.29, 1.82) is 0 Å². The molecular weight excluding hydrogens is 252 g/mol. The van der Waals surface area contributed by atoms with Gasteiger partial charge in [0.25, 0.3) is 0 Å². The van der Waals surface area contributed by atoms with Crippen LogP contribution in [-0.4, -0.2) is 22.0 Å². The predicted octanol–water partition coefficient (Wildman–Crippen LogP) is 2.33. The summed E-state index contributed by atoms with van der Waals surface area (Å²) in [7, 11) is 0. The van der Waals surface area contributed by atoms with Gasteiger partial charge >= 0.3 is 0 Å². The second kappa shape index (κ2) is 7.45. The van der Waals surface area contributed by atoms with Crippen molar-refractivity contribution in [1.82, 2.24) is 9.55 Å². The molecule has 1 aromatic heterocycles. The minimum Gasteiger partial charge on any atom is -0.330 e. The van der Waals surface area contributed by atoms with Gasteiger partial charge in [-0.15, -0.1) is 0 Å². The number of carbonyl (C=O) groups is 1. The van der Waals surface area contributed by atoms with Crippen LogP contribution in [-0.2, 0) is 4.79 Å². The molecule has 1 aromatic carbocycles. The van der Waals surface area contributed by atoms with E-state index in [0.29, 0.717) is 13.0 Å². The third-order valence-corrected chi connectivity index (χ3v) is 3.04. The molecule has 0 unspecified atom stereocenters. The molecule has 1 heterocycles. The number of benzene rings is 1. The van der Waals surface area contributed by atoms with E-state index in [1.807, 2.05) is 35.0 Å². The van der Waals surface area contributed by atoms with Crippen molar-refractivity contribution in [2.75, 3.05) is 11.9 Å². The fraction of sp³-hybridized carbons (Fsp3) is 0.333. The average molecular weight is 272 g/mol. The van der Waals surface area contributed by atoms with Crippen LogP contribution in [0.3, 0.4) is 0 Å². The van der Waals surface area contributed by atoms with Crippen LogP contribution in [0.4, 0.5) is 5.69 Å². The number of amides is 1. The van der Waals surface area contributed by atoms with Gasteiger partial charge < -0.3 is 15.6 Å². The van der Waals surface area contributed by atoms with Crippen molar-refractivity contribution in [3.05, 3.63) is 43.0 Å². The van der Waals surface area contributed by atoms with Gasteiger partial charge in [0.15, 0.2) is 0 Å². The van der Waals surface area contributed by atoms with Gasteiger partial charge in [-0.3, -0.25) is 4.79 Å². The molecule has 0 radical (unpaired) electrons. The van der Waals surface area contributed by atoms with E-state index in [0.717, 1.165) is 30.6 Å². The van der Waals surface area contributed by atoms with E-state index in [9.17, 15) is 4.79 Å². The van der Waals surface area contributed by atoms with Crippen molar-refractivity contribution in [2.24, 2.45) is 5.73 Å². The summed E-state index contributed by atoms with van der Waals surface area (Å²) < 4.78 is 1.90. The third-order valence-electron chi connectivity index (χ3n) is 3.04. The van der Waals surface area contributed by atoms with Crippen molar-refractivity contribution in [3.8, 4) is 5.69 Å². The molecule has 1 amide bonds. The van der Waals surface area contributed by atoms with E-state index in [4.69, 9.17) is 5.73 Å². The smallest absolute Gasteiger partial charge is 0.224 e. The van der Waals surface area contributed by atoms with Crippen LogP contribution in [0, 0.1) is 0 Å². The number of imidazole rings is 1. The lowest BCUT2D eigenvalue weighted by molar-refractivity contribution is -0.116. The van der Waals surface area contributed by atoms with Crippen molar-refractivity contribution in [2.45, 2.75) is 25.7 Å². The highest BCUT2D eigenvalue weighted by atomic mass is 16.1. The molecule has 0 aliphatic carbocycles. The van der Waals surface area contributed by atoms with Crippen LogP contribution in [0.1, 0.15) is 25.7 Å². The molecule has 20 heavy (non-hydrogen) atoms. The number of nitrogens with two attached hydrogens (primary N) is 1. The van der Waals surface area contributed by atoms with Gasteiger partial charge in [0, 0.05) is 30.2 Å². The molecule has 5 heteroatoms. The lowest BCUT2D eigenvalue weighted by atomic mass is 10.2. The van der Waals surface area contributed by atoms with E-state index < -0.39 is 0 Å². The second-order valence-electron chi connectivity index (χ2n) is 4.67. The maximum atomic E-state index is 11.8. The topological polar surface area (TPSA) is 72.9 Å². The fourth-order valence-electron chi connectivity index (χ4n) is 1.99. The molecule has 0 saturated carbocycles. The van der Waals surface area contributed by atoms with Gasteiger partial charge in [0.2, 0.25) is 5.91 Å². The normalized spacial score (nSPS) is 10.4. The highest BCUT2D eigenvalue weighted by Crippen LogP contribution is 2.15. The SMILES string of the molecule is NCCCCCC(=O)Nc1cccc(-n2ccnc2)c1. The first kappa shape index (κ1) is 14.3. The summed E-state index contributed by atoms with van der Waals surface area (Å²) in [6.07, 6.45) is 8.71. The summed E-state index contributed by atoms with van der Waals surface area (Å²) >= 11 is 0. The zero-order chi connectivity index (χ0) is 14.2. The van der Waals surface area contributed by atoms with Crippen LogP contribution in [0.25, 0.3) is 5.69 Å². The molecule has 0 bridgehead atoms. The Hall–Kier alpha value is -2.14. The average Bonchev–Trinajstić information content (AvgIpc) is 2.98. The largest absolute Gasteiger partial charge is 0.330 e. The Bertz CT molecular complexity index is 537. The quantitative estimate of drug-likeness (QED) is 0.760. The monoisotopic (exact) mass is 272 g/mol. The zero-order valence-electron chi connectivity index (χ0n) is 11.5. The molecule has 106 valence electrons. The summed E-state index contributed by atoms with van der Waals surface area (Å²) in [6.45, 7) is 0.689. The minimum absolute atomic E-state index is 0.0461. The fourth-order valence-corrected chi connectivity index (χ4v) is 1.99. The van der Waals surface area contributed by atoms with Crippen LogP contribution in [0.2, 0.25) is 0 Å². The molecule has 0 aliphatic rings. The molecular formula is C15H20N4O. The number of hydrogen-bond donors (Lipinski definition) is 2. The first-order chi connectivity index (χ1) is 9.79. The number of nitrogens with zero attached hydrogens (tertiary/aromatic N) is 2. The Morgan fingerprint density at radius 1 is 1.30 bits per heavy atom. The Kier molecular flexibility index (Phi) is 5.32. The third kappa shape index (κ3) is 4.20. The van der Waals surface area contributed by atoms with E-state index in [1.54, 1.807) is 12.5 Å². The number of anilines is 1. The molecule has 0 saturated heterocycles. The van der Waals surface area contributed by atoms with Gasteiger partial charge in [-0.1, -0.05) is 12.5 Å². The van der Waals surface area contributed by atoms with Crippen molar-refractivity contribution < 1.29 is 4.79 Å². The number of rotatable bonds is 7. The highest BCUT2D eigenvalue weighted by Gasteiger charge is 2.03. The minimum atomic E-state index is 0.0461. The van der Waals surface area contributed by atoms with E-state index in [1.165, 1.54) is 0 Å². The first-order valence-corrected chi connectivity index (χ1v) is 6.88. The summed E-state index contributed by atoms with van der Waals surface area (Å²) in [6, 6.07) is 7.70. The van der Waals surface area contributed by atoms with Crippen molar-refractivity contribution in [3.63, 3.8) is 0 Å². The predicted molar refractivity (Wildman–Crippen MR) is 79.7 cm³/mol. The Morgan fingerprint density at radius 3 is 2.95 bits per heavy atom. The van der Waals surface area contributed by atoms with Crippen LogP contribution >= 0.6 is 0 Å². The van der Waals surface area contributed by atoms with Crippen molar-refractivity contribution >= 4 is 11.6 Å². The summed E-state index contributed by atoms with van der Waals surface area (Å²) in [5.41, 5.74) is 7.21. The van der Waals surface area contributed by atoms with E-state index in [2.05, 4.69) is 10.3 Å². The number of carbonyl (C=O) groups excluding carboxylic acids is 1.